The Kier molecular flexibility index (Phi) is 5.93. The number of nitrogens with zero attached hydrogens (tertiary/aromatic N) is 3. The topological polar surface area (TPSA) is 95.0 Å². The molecule has 6 heteroatoms. The van der Waals surface area contributed by atoms with Crippen LogP contribution in [0.5, 0.6) is 0 Å². The highest BCUT2D eigenvalue weighted by molar-refractivity contribution is 6.01. The zero-order chi connectivity index (χ0) is 13.4. The lowest BCUT2D eigenvalue weighted by molar-refractivity contribution is 0.283. The predicted octanol–water partition coefficient (Wildman–Crippen LogP) is 0.775. The van der Waals surface area contributed by atoms with Gasteiger partial charge in [-0.2, -0.15) is 0 Å². The van der Waals surface area contributed by atoms with Gasteiger partial charge in [-0.15, -0.1) is 0 Å². The van der Waals surface area contributed by atoms with Crippen molar-refractivity contribution in [2.75, 3.05) is 25.1 Å². The summed E-state index contributed by atoms with van der Waals surface area (Å²) in [6.45, 7) is 1.03. The van der Waals surface area contributed by atoms with E-state index in [4.69, 9.17) is 16.0 Å². The molecule has 0 aliphatic rings. The van der Waals surface area contributed by atoms with Crippen molar-refractivity contribution in [3.05, 3.63) is 23.9 Å². The van der Waals surface area contributed by atoms with E-state index in [1.165, 1.54) is 0 Å². The predicted molar refractivity (Wildman–Crippen MR) is 71.0 cm³/mol. The van der Waals surface area contributed by atoms with E-state index in [2.05, 4.69) is 10.1 Å². The number of pyridine rings is 1. The summed E-state index contributed by atoms with van der Waals surface area (Å²) in [4.78, 5) is 6.21. The number of hydrogen-bond donors (Lipinski definition) is 3. The van der Waals surface area contributed by atoms with Gasteiger partial charge in [-0.05, 0) is 31.4 Å². The van der Waals surface area contributed by atoms with Crippen molar-refractivity contribution in [3.63, 3.8) is 0 Å². The third kappa shape index (κ3) is 3.89. The quantitative estimate of drug-likeness (QED) is 0.219. The molecule has 0 unspecified atom stereocenters. The molecule has 0 amide bonds. The summed E-state index contributed by atoms with van der Waals surface area (Å²) in [5.41, 5.74) is 6.22. The molecule has 18 heavy (non-hydrogen) atoms. The Bertz CT molecular complexity index is 395. The van der Waals surface area contributed by atoms with Crippen LogP contribution in [0.4, 0.5) is 5.82 Å². The maximum atomic E-state index is 8.73. The van der Waals surface area contributed by atoms with Crippen LogP contribution in [0, 0.1) is 0 Å². The minimum atomic E-state index is 0.0558. The Hall–Kier alpha value is -1.82. The van der Waals surface area contributed by atoms with Crippen molar-refractivity contribution >= 4 is 11.7 Å². The molecule has 0 radical (unpaired) electrons. The Balaban J connectivity index is 2.70. The van der Waals surface area contributed by atoms with E-state index in [1.807, 2.05) is 11.9 Å². The largest absolute Gasteiger partial charge is 0.409 e. The number of hydrogen-bond acceptors (Lipinski definition) is 5. The van der Waals surface area contributed by atoms with Gasteiger partial charge in [-0.1, -0.05) is 5.16 Å². The second kappa shape index (κ2) is 7.50. The van der Waals surface area contributed by atoms with Crippen molar-refractivity contribution in [1.82, 2.24) is 4.98 Å². The van der Waals surface area contributed by atoms with Crippen LogP contribution in [0.2, 0.25) is 0 Å². The molecular formula is C12H20N4O2. The minimum absolute atomic E-state index is 0.0558. The molecule has 6 nitrogen and oxygen atoms in total. The smallest absolute Gasteiger partial charge is 0.173 e. The number of rotatable bonds is 7. The monoisotopic (exact) mass is 252 g/mol. The minimum Gasteiger partial charge on any atom is -0.409 e. The molecule has 0 saturated carbocycles. The first-order valence-corrected chi connectivity index (χ1v) is 5.95. The molecule has 4 N–H and O–H groups in total. The Labute approximate surface area is 107 Å². The SMILES string of the molecule is CN(CCCCCO)c1ncccc1/C(N)=N/O. The summed E-state index contributed by atoms with van der Waals surface area (Å²) in [7, 11) is 1.91. The van der Waals surface area contributed by atoms with Crippen LogP contribution in [-0.2, 0) is 0 Å². The Morgan fingerprint density at radius 1 is 1.44 bits per heavy atom. The van der Waals surface area contributed by atoms with Crippen LogP contribution in [0.1, 0.15) is 24.8 Å². The van der Waals surface area contributed by atoms with Gasteiger partial charge in [0, 0.05) is 26.4 Å². The lowest BCUT2D eigenvalue weighted by Crippen LogP contribution is -2.25. The first-order chi connectivity index (χ1) is 8.70. The van der Waals surface area contributed by atoms with Crippen LogP contribution in [0.15, 0.2) is 23.5 Å². The molecule has 100 valence electrons. The van der Waals surface area contributed by atoms with E-state index in [-0.39, 0.29) is 12.4 Å². The molecule has 0 saturated heterocycles. The normalized spacial score (nSPS) is 11.6. The number of aliphatic hydroxyl groups excluding tert-OH is 1. The van der Waals surface area contributed by atoms with Gasteiger partial charge in [-0.3, -0.25) is 0 Å². The van der Waals surface area contributed by atoms with Crippen molar-refractivity contribution in [1.29, 1.82) is 0 Å². The lowest BCUT2D eigenvalue weighted by atomic mass is 10.2. The molecule has 0 bridgehead atoms. The molecule has 1 rings (SSSR count). The van der Waals surface area contributed by atoms with Crippen LogP contribution < -0.4 is 10.6 Å². The highest BCUT2D eigenvalue weighted by atomic mass is 16.4. The van der Waals surface area contributed by atoms with Gasteiger partial charge in [0.05, 0.1) is 5.56 Å². The van der Waals surface area contributed by atoms with Gasteiger partial charge in [0.15, 0.2) is 5.84 Å². The second-order valence-electron chi connectivity index (χ2n) is 4.07. The highest BCUT2D eigenvalue weighted by Gasteiger charge is 2.11. The number of nitrogens with two attached hydrogens (primary N) is 1. The molecule has 0 aromatic carbocycles. The van der Waals surface area contributed by atoms with Crippen LogP contribution in [0.25, 0.3) is 0 Å². The number of unbranched alkanes of at least 4 members (excludes halogenated alkanes) is 2. The van der Waals surface area contributed by atoms with Gasteiger partial charge in [0.1, 0.15) is 5.82 Å². The summed E-state index contributed by atoms with van der Waals surface area (Å²) < 4.78 is 0. The average molecular weight is 252 g/mol. The van der Waals surface area contributed by atoms with Crippen molar-refractivity contribution in [2.45, 2.75) is 19.3 Å². The van der Waals surface area contributed by atoms with Gasteiger partial charge in [-0.25, -0.2) is 4.98 Å². The van der Waals surface area contributed by atoms with Crippen LogP contribution >= 0.6 is 0 Å². The van der Waals surface area contributed by atoms with E-state index in [9.17, 15) is 0 Å². The lowest BCUT2D eigenvalue weighted by Gasteiger charge is -2.20. The molecule has 1 aromatic heterocycles. The van der Waals surface area contributed by atoms with E-state index in [0.29, 0.717) is 11.4 Å². The zero-order valence-corrected chi connectivity index (χ0v) is 10.6. The molecule has 0 aliphatic carbocycles. The van der Waals surface area contributed by atoms with E-state index < -0.39 is 0 Å². The van der Waals surface area contributed by atoms with Crippen LogP contribution in [0.3, 0.4) is 0 Å². The summed E-state index contributed by atoms with van der Waals surface area (Å²) in [5.74, 6) is 0.747. The number of oxime groups is 1. The molecular weight excluding hydrogens is 232 g/mol. The molecule has 1 heterocycles. The molecule has 0 spiro atoms. The van der Waals surface area contributed by atoms with Crippen molar-refractivity contribution in [3.8, 4) is 0 Å². The fourth-order valence-corrected chi connectivity index (χ4v) is 1.70. The first-order valence-electron chi connectivity index (χ1n) is 5.95. The maximum Gasteiger partial charge on any atom is 0.173 e. The fourth-order valence-electron chi connectivity index (χ4n) is 1.70. The Morgan fingerprint density at radius 2 is 2.22 bits per heavy atom. The molecule has 1 aromatic rings. The summed E-state index contributed by atoms with van der Waals surface area (Å²) in [6, 6.07) is 3.51. The van der Waals surface area contributed by atoms with Gasteiger partial charge in [0.2, 0.25) is 0 Å². The molecule has 0 fully saturated rings. The second-order valence-corrected chi connectivity index (χ2v) is 4.07. The standard InChI is InChI=1S/C12H20N4O2/c1-16(8-3-2-4-9-17)12-10(11(13)15-18)6-5-7-14-12/h5-7,17-18H,2-4,8-9H2,1H3,(H2,13,15). The first kappa shape index (κ1) is 14.2. The highest BCUT2D eigenvalue weighted by Crippen LogP contribution is 2.16. The van der Waals surface area contributed by atoms with Crippen molar-refractivity contribution in [2.24, 2.45) is 10.9 Å². The number of amidine groups is 1. The Morgan fingerprint density at radius 3 is 2.89 bits per heavy atom. The maximum absolute atomic E-state index is 8.73. The number of aliphatic hydroxyl groups is 1. The summed E-state index contributed by atoms with van der Waals surface area (Å²) in [6.07, 6.45) is 4.41. The third-order valence-electron chi connectivity index (χ3n) is 2.68. The van der Waals surface area contributed by atoms with Gasteiger partial charge >= 0.3 is 0 Å². The summed E-state index contributed by atoms with van der Waals surface area (Å²) >= 11 is 0. The van der Waals surface area contributed by atoms with Gasteiger partial charge < -0.3 is 20.9 Å². The van der Waals surface area contributed by atoms with E-state index >= 15 is 0 Å². The number of anilines is 1. The van der Waals surface area contributed by atoms with Gasteiger partial charge in [0.25, 0.3) is 0 Å². The summed E-state index contributed by atoms with van der Waals surface area (Å²) in [5, 5.41) is 20.4. The molecule has 0 atom stereocenters. The third-order valence-corrected chi connectivity index (χ3v) is 2.68. The molecule has 0 aliphatic heterocycles. The fraction of sp³-hybridized carbons (Fsp3) is 0.500. The average Bonchev–Trinajstić information content (AvgIpc) is 2.42. The zero-order valence-electron chi connectivity index (χ0n) is 10.6. The van der Waals surface area contributed by atoms with E-state index in [0.717, 1.165) is 25.8 Å². The van der Waals surface area contributed by atoms with E-state index in [1.54, 1.807) is 18.3 Å². The van der Waals surface area contributed by atoms with Crippen molar-refractivity contribution < 1.29 is 10.3 Å². The van der Waals surface area contributed by atoms with Crippen LogP contribution in [-0.4, -0.2) is 41.3 Å². The number of aromatic nitrogens is 1.